The molecule has 1 atom stereocenters. The second-order valence-corrected chi connectivity index (χ2v) is 7.74. The highest BCUT2D eigenvalue weighted by atomic mass is 35.5. The van der Waals surface area contributed by atoms with E-state index in [2.05, 4.69) is 5.32 Å². The standard InChI is InChI=1S/C15H23ClN2O3S/c1-5-12(3)17-15(19)8-9-18(22(4,20)21)14-7-6-13(16)10-11(14)2/h6-7,10,12H,5,8-9H2,1-4H3,(H,17,19). The maximum Gasteiger partial charge on any atom is 0.232 e. The highest BCUT2D eigenvalue weighted by Crippen LogP contribution is 2.25. The number of hydrogen-bond acceptors (Lipinski definition) is 3. The van der Waals surface area contributed by atoms with Crippen molar-refractivity contribution in [2.75, 3.05) is 17.1 Å². The van der Waals surface area contributed by atoms with Gasteiger partial charge in [-0.2, -0.15) is 0 Å². The van der Waals surface area contributed by atoms with Crippen molar-refractivity contribution in [2.24, 2.45) is 0 Å². The molecule has 0 aromatic heterocycles. The summed E-state index contributed by atoms with van der Waals surface area (Å²) in [4.78, 5) is 11.9. The van der Waals surface area contributed by atoms with Gasteiger partial charge in [-0.15, -0.1) is 0 Å². The van der Waals surface area contributed by atoms with Crippen molar-refractivity contribution in [2.45, 2.75) is 39.7 Å². The molecule has 0 radical (unpaired) electrons. The van der Waals surface area contributed by atoms with Crippen molar-refractivity contribution >= 4 is 33.2 Å². The summed E-state index contributed by atoms with van der Waals surface area (Å²) in [7, 11) is -3.47. The number of rotatable bonds is 7. The summed E-state index contributed by atoms with van der Waals surface area (Å²) in [5, 5.41) is 3.38. The summed E-state index contributed by atoms with van der Waals surface area (Å²) in [6.07, 6.45) is 2.07. The Balaban J connectivity index is 2.90. The molecule has 5 nitrogen and oxygen atoms in total. The summed E-state index contributed by atoms with van der Waals surface area (Å²) in [6.45, 7) is 5.78. The summed E-state index contributed by atoms with van der Waals surface area (Å²) >= 11 is 5.90. The van der Waals surface area contributed by atoms with E-state index in [0.717, 1.165) is 18.2 Å². The fraction of sp³-hybridized carbons (Fsp3) is 0.533. The molecule has 22 heavy (non-hydrogen) atoms. The van der Waals surface area contributed by atoms with Crippen LogP contribution in [0.15, 0.2) is 18.2 Å². The molecule has 0 saturated heterocycles. The zero-order valence-electron chi connectivity index (χ0n) is 13.4. The first kappa shape index (κ1) is 18.8. The predicted octanol–water partition coefficient (Wildman–Crippen LogP) is 2.72. The van der Waals surface area contributed by atoms with Gasteiger partial charge >= 0.3 is 0 Å². The van der Waals surface area contributed by atoms with E-state index in [1.807, 2.05) is 13.8 Å². The molecule has 0 aliphatic heterocycles. The lowest BCUT2D eigenvalue weighted by Gasteiger charge is -2.24. The van der Waals surface area contributed by atoms with Crippen molar-refractivity contribution in [1.82, 2.24) is 5.32 Å². The van der Waals surface area contributed by atoms with Crippen LogP contribution in [0, 0.1) is 6.92 Å². The number of halogens is 1. The summed E-state index contributed by atoms with van der Waals surface area (Å²) in [5.41, 5.74) is 1.29. The molecular formula is C15H23ClN2O3S. The molecule has 0 fully saturated rings. The minimum Gasteiger partial charge on any atom is -0.354 e. The minimum atomic E-state index is -3.47. The number of benzene rings is 1. The van der Waals surface area contributed by atoms with Gasteiger partial charge in [0.15, 0.2) is 0 Å². The lowest BCUT2D eigenvalue weighted by atomic mass is 10.2. The molecule has 0 spiro atoms. The number of nitrogens with one attached hydrogen (secondary N) is 1. The minimum absolute atomic E-state index is 0.0800. The first-order chi connectivity index (χ1) is 10.1. The van der Waals surface area contributed by atoms with Crippen LogP contribution in [0.5, 0.6) is 0 Å². The number of carbonyl (C=O) groups is 1. The third-order valence-electron chi connectivity index (χ3n) is 3.39. The van der Waals surface area contributed by atoms with Gasteiger partial charge in [0.2, 0.25) is 15.9 Å². The van der Waals surface area contributed by atoms with Gasteiger partial charge in [0.05, 0.1) is 11.9 Å². The maximum atomic E-state index is 12.0. The zero-order chi connectivity index (χ0) is 16.9. The Morgan fingerprint density at radius 2 is 2.05 bits per heavy atom. The van der Waals surface area contributed by atoms with E-state index < -0.39 is 10.0 Å². The molecule has 1 aromatic rings. The van der Waals surface area contributed by atoms with Crippen LogP contribution in [-0.4, -0.2) is 33.2 Å². The number of sulfonamides is 1. The molecule has 0 bridgehead atoms. The lowest BCUT2D eigenvalue weighted by Crippen LogP contribution is -2.37. The van der Waals surface area contributed by atoms with Crippen molar-refractivity contribution < 1.29 is 13.2 Å². The van der Waals surface area contributed by atoms with Crippen LogP contribution in [0.3, 0.4) is 0 Å². The van der Waals surface area contributed by atoms with E-state index in [9.17, 15) is 13.2 Å². The average molecular weight is 347 g/mol. The van der Waals surface area contributed by atoms with E-state index in [0.29, 0.717) is 10.7 Å². The summed E-state index contributed by atoms with van der Waals surface area (Å²) in [5.74, 6) is -0.158. The smallest absolute Gasteiger partial charge is 0.232 e. The normalized spacial score (nSPS) is 12.8. The van der Waals surface area contributed by atoms with Gasteiger partial charge in [-0.3, -0.25) is 9.10 Å². The first-order valence-electron chi connectivity index (χ1n) is 7.18. The van der Waals surface area contributed by atoms with Gasteiger partial charge < -0.3 is 5.32 Å². The SMILES string of the molecule is CCC(C)NC(=O)CCN(c1ccc(Cl)cc1C)S(C)(=O)=O. The molecule has 0 aliphatic carbocycles. The molecule has 0 saturated carbocycles. The van der Waals surface area contributed by atoms with Gasteiger partial charge in [0, 0.05) is 24.0 Å². The Morgan fingerprint density at radius 3 is 2.55 bits per heavy atom. The molecule has 0 aliphatic rings. The highest BCUT2D eigenvalue weighted by Gasteiger charge is 2.20. The van der Waals surface area contributed by atoms with E-state index >= 15 is 0 Å². The molecule has 0 heterocycles. The van der Waals surface area contributed by atoms with Crippen molar-refractivity contribution in [1.29, 1.82) is 0 Å². The second kappa shape index (κ2) is 7.83. The lowest BCUT2D eigenvalue weighted by molar-refractivity contribution is -0.121. The Labute approximate surface area is 137 Å². The summed E-state index contributed by atoms with van der Waals surface area (Å²) < 4.78 is 25.3. The Bertz CT molecular complexity index is 632. The van der Waals surface area contributed by atoms with Crippen molar-refractivity contribution in [3.63, 3.8) is 0 Å². The van der Waals surface area contributed by atoms with E-state index in [1.165, 1.54) is 4.31 Å². The Kier molecular flexibility index (Phi) is 6.68. The van der Waals surface area contributed by atoms with Crippen molar-refractivity contribution in [3.05, 3.63) is 28.8 Å². The maximum absolute atomic E-state index is 12.0. The van der Waals surface area contributed by atoms with Crippen LogP contribution >= 0.6 is 11.6 Å². The largest absolute Gasteiger partial charge is 0.354 e. The first-order valence-corrected chi connectivity index (χ1v) is 9.41. The van der Waals surface area contributed by atoms with Gasteiger partial charge in [-0.1, -0.05) is 18.5 Å². The molecule has 1 aromatic carbocycles. The third kappa shape index (κ3) is 5.50. The fourth-order valence-corrected chi connectivity index (χ4v) is 3.23. The quantitative estimate of drug-likeness (QED) is 0.825. The number of amides is 1. The monoisotopic (exact) mass is 346 g/mol. The molecular weight excluding hydrogens is 324 g/mol. The van der Waals surface area contributed by atoms with E-state index in [1.54, 1.807) is 25.1 Å². The molecule has 1 N–H and O–H groups in total. The van der Waals surface area contributed by atoms with Crippen LogP contribution in [-0.2, 0) is 14.8 Å². The van der Waals surface area contributed by atoms with Gasteiger partial charge in [0.25, 0.3) is 0 Å². The Morgan fingerprint density at radius 1 is 1.41 bits per heavy atom. The van der Waals surface area contributed by atoms with Crippen LogP contribution in [0.4, 0.5) is 5.69 Å². The van der Waals surface area contributed by atoms with E-state index in [-0.39, 0.29) is 24.9 Å². The molecule has 7 heteroatoms. The second-order valence-electron chi connectivity index (χ2n) is 5.39. The van der Waals surface area contributed by atoms with Gasteiger partial charge in [-0.25, -0.2) is 8.42 Å². The number of hydrogen-bond donors (Lipinski definition) is 1. The van der Waals surface area contributed by atoms with Crippen LogP contribution in [0.2, 0.25) is 5.02 Å². The number of nitrogens with zero attached hydrogens (tertiary/aromatic N) is 1. The van der Waals surface area contributed by atoms with Crippen LogP contribution in [0.25, 0.3) is 0 Å². The van der Waals surface area contributed by atoms with Crippen LogP contribution < -0.4 is 9.62 Å². The summed E-state index contributed by atoms with van der Waals surface area (Å²) in [6, 6.07) is 5.08. The van der Waals surface area contributed by atoms with Gasteiger partial charge in [-0.05, 0) is 44.0 Å². The highest BCUT2D eigenvalue weighted by molar-refractivity contribution is 7.92. The molecule has 1 amide bonds. The van der Waals surface area contributed by atoms with Gasteiger partial charge in [0.1, 0.15) is 0 Å². The molecule has 1 unspecified atom stereocenters. The Hall–Kier alpha value is -1.27. The third-order valence-corrected chi connectivity index (χ3v) is 4.80. The molecule has 124 valence electrons. The fourth-order valence-electron chi connectivity index (χ4n) is 2.02. The predicted molar refractivity (Wildman–Crippen MR) is 90.9 cm³/mol. The van der Waals surface area contributed by atoms with E-state index in [4.69, 9.17) is 11.6 Å². The number of carbonyl (C=O) groups excluding carboxylic acids is 1. The number of aryl methyl sites for hydroxylation is 1. The van der Waals surface area contributed by atoms with Crippen LogP contribution in [0.1, 0.15) is 32.3 Å². The average Bonchev–Trinajstić information content (AvgIpc) is 2.39. The number of anilines is 1. The van der Waals surface area contributed by atoms with Crippen molar-refractivity contribution in [3.8, 4) is 0 Å². The zero-order valence-corrected chi connectivity index (χ0v) is 15.0. The molecule has 1 rings (SSSR count). The topological polar surface area (TPSA) is 66.5 Å².